The molecule has 0 bridgehead atoms. The van der Waals surface area contributed by atoms with Crippen molar-refractivity contribution in [3.63, 3.8) is 0 Å². The van der Waals surface area contributed by atoms with E-state index in [4.69, 9.17) is 11.6 Å². The maximum absolute atomic E-state index is 13.8. The highest BCUT2D eigenvalue weighted by atomic mass is 35.5. The molecule has 1 amide bonds. The van der Waals surface area contributed by atoms with Crippen LogP contribution in [0.25, 0.3) is 0 Å². The zero-order valence-electron chi connectivity index (χ0n) is 11.8. The lowest BCUT2D eigenvalue weighted by molar-refractivity contribution is -0.121. The van der Waals surface area contributed by atoms with Crippen molar-refractivity contribution in [1.29, 1.82) is 0 Å². The lowest BCUT2D eigenvalue weighted by Gasteiger charge is -2.10. The quantitative estimate of drug-likeness (QED) is 0.789. The lowest BCUT2D eigenvalue weighted by atomic mass is 10.2. The molecule has 0 saturated heterocycles. The molecule has 1 aromatic carbocycles. The number of aliphatic hydroxyl groups is 1. The number of carbonyl (C=O) groups excluding carboxylic acids is 1. The van der Waals surface area contributed by atoms with Gasteiger partial charge in [0.25, 0.3) is 0 Å². The number of aromatic nitrogens is 2. The van der Waals surface area contributed by atoms with E-state index in [1.807, 2.05) is 0 Å². The van der Waals surface area contributed by atoms with E-state index in [2.05, 4.69) is 10.3 Å². The Kier molecular flexibility index (Phi) is 5.82. The van der Waals surface area contributed by atoms with Gasteiger partial charge in [0.05, 0.1) is 18.5 Å². The largest absolute Gasteiger partial charge is 0.390 e. The fourth-order valence-electron chi connectivity index (χ4n) is 1.83. The minimum Gasteiger partial charge on any atom is -0.390 e. The Labute approximate surface area is 136 Å². The van der Waals surface area contributed by atoms with Gasteiger partial charge in [-0.25, -0.2) is 9.37 Å². The van der Waals surface area contributed by atoms with Crippen LogP contribution in [0.4, 0.5) is 4.39 Å². The molecule has 0 spiro atoms. The van der Waals surface area contributed by atoms with Crippen LogP contribution in [0.15, 0.2) is 29.6 Å². The number of likely N-dealkylation sites (N-methyl/N-ethyl adjacent to an activating group) is 1. The second-order valence-electron chi connectivity index (χ2n) is 4.44. The molecule has 0 radical (unpaired) electrons. The van der Waals surface area contributed by atoms with Crippen molar-refractivity contribution < 1.29 is 14.3 Å². The van der Waals surface area contributed by atoms with Crippen LogP contribution in [0.2, 0.25) is 5.02 Å². The highest BCUT2D eigenvalue weighted by Gasteiger charge is 2.15. The van der Waals surface area contributed by atoms with E-state index in [0.29, 0.717) is 21.4 Å². The average molecular weight is 344 g/mol. The molecule has 1 heterocycles. The Morgan fingerprint density at radius 2 is 2.32 bits per heavy atom. The summed E-state index contributed by atoms with van der Waals surface area (Å²) in [5, 5.41) is 12.7. The molecule has 118 valence electrons. The first-order valence-corrected chi connectivity index (χ1v) is 7.84. The molecule has 0 atom stereocenters. The molecule has 0 unspecified atom stereocenters. The second kappa shape index (κ2) is 7.62. The predicted molar refractivity (Wildman–Crippen MR) is 83.2 cm³/mol. The number of aliphatic hydroxyl groups excluding tert-OH is 1. The highest BCUT2D eigenvalue weighted by Crippen LogP contribution is 2.28. The minimum absolute atomic E-state index is 0.0414. The smallest absolute Gasteiger partial charge is 0.239 e. The summed E-state index contributed by atoms with van der Waals surface area (Å²) < 4.78 is 15.4. The van der Waals surface area contributed by atoms with Crippen molar-refractivity contribution in [1.82, 2.24) is 14.9 Å². The molecule has 0 aliphatic carbocycles. The number of carbonyl (C=O) groups is 1. The van der Waals surface area contributed by atoms with E-state index in [0.717, 1.165) is 0 Å². The molecule has 2 aromatic rings. The maximum Gasteiger partial charge on any atom is 0.239 e. The SMILES string of the molecule is CNC(=O)Cn1c(CO)cnc1SCc1c(F)cccc1Cl. The van der Waals surface area contributed by atoms with Crippen LogP contribution in [0, 0.1) is 5.82 Å². The van der Waals surface area contributed by atoms with Gasteiger partial charge in [-0.15, -0.1) is 0 Å². The van der Waals surface area contributed by atoms with Crippen molar-refractivity contribution in [2.24, 2.45) is 0 Å². The fraction of sp³-hybridized carbons (Fsp3) is 0.286. The van der Waals surface area contributed by atoms with Gasteiger partial charge >= 0.3 is 0 Å². The van der Waals surface area contributed by atoms with Gasteiger partial charge in [0.1, 0.15) is 12.4 Å². The van der Waals surface area contributed by atoms with E-state index < -0.39 is 0 Å². The van der Waals surface area contributed by atoms with Crippen LogP contribution in [0.5, 0.6) is 0 Å². The van der Waals surface area contributed by atoms with Crippen LogP contribution in [-0.2, 0) is 23.7 Å². The topological polar surface area (TPSA) is 67.2 Å². The third kappa shape index (κ3) is 3.79. The molecule has 0 fully saturated rings. The van der Waals surface area contributed by atoms with Gasteiger partial charge in [0, 0.05) is 23.4 Å². The summed E-state index contributed by atoms with van der Waals surface area (Å²) in [6.07, 6.45) is 1.49. The van der Waals surface area contributed by atoms with Gasteiger partial charge in [-0.1, -0.05) is 29.4 Å². The number of nitrogens with one attached hydrogen (secondary N) is 1. The van der Waals surface area contributed by atoms with Crippen molar-refractivity contribution in [2.45, 2.75) is 24.1 Å². The predicted octanol–water partition coefficient (Wildman–Crippen LogP) is 2.21. The molecule has 0 saturated carbocycles. The van der Waals surface area contributed by atoms with E-state index in [-0.39, 0.29) is 30.6 Å². The van der Waals surface area contributed by atoms with Crippen LogP contribution in [-0.4, -0.2) is 27.6 Å². The molecule has 1 aromatic heterocycles. The number of rotatable bonds is 6. The molecule has 0 aliphatic rings. The van der Waals surface area contributed by atoms with Gasteiger partial charge in [0.15, 0.2) is 5.16 Å². The minimum atomic E-state index is -0.383. The third-order valence-electron chi connectivity index (χ3n) is 3.05. The summed E-state index contributed by atoms with van der Waals surface area (Å²) in [5.41, 5.74) is 0.903. The number of imidazole rings is 1. The number of thioether (sulfide) groups is 1. The number of hydrogen-bond donors (Lipinski definition) is 2. The Hall–Kier alpha value is -1.57. The Bertz CT molecular complexity index is 658. The van der Waals surface area contributed by atoms with Gasteiger partial charge < -0.3 is 15.0 Å². The molecule has 22 heavy (non-hydrogen) atoms. The average Bonchev–Trinajstić information content (AvgIpc) is 2.88. The van der Waals surface area contributed by atoms with Crippen molar-refractivity contribution in [3.05, 3.63) is 46.5 Å². The first-order valence-electron chi connectivity index (χ1n) is 6.48. The molecular formula is C14H15ClFN3O2S. The summed E-state index contributed by atoms with van der Waals surface area (Å²) in [6.45, 7) is -0.190. The number of hydrogen-bond acceptors (Lipinski definition) is 4. The summed E-state index contributed by atoms with van der Waals surface area (Å²) in [7, 11) is 1.53. The number of amides is 1. The zero-order chi connectivity index (χ0) is 16.1. The Balaban J connectivity index is 2.19. The van der Waals surface area contributed by atoms with Gasteiger partial charge in [0.2, 0.25) is 5.91 Å². The first-order chi connectivity index (χ1) is 10.6. The van der Waals surface area contributed by atoms with Crippen LogP contribution >= 0.6 is 23.4 Å². The molecular weight excluding hydrogens is 329 g/mol. The van der Waals surface area contributed by atoms with Crippen LogP contribution in [0.1, 0.15) is 11.3 Å². The maximum atomic E-state index is 13.8. The Morgan fingerprint density at radius 3 is 2.95 bits per heavy atom. The summed E-state index contributed by atoms with van der Waals surface area (Å²) in [6, 6.07) is 4.51. The number of benzene rings is 1. The van der Waals surface area contributed by atoms with Gasteiger partial charge in [-0.05, 0) is 12.1 Å². The summed E-state index contributed by atoms with van der Waals surface area (Å²) in [5.74, 6) is -0.313. The third-order valence-corrected chi connectivity index (χ3v) is 4.42. The second-order valence-corrected chi connectivity index (χ2v) is 5.79. The summed E-state index contributed by atoms with van der Waals surface area (Å²) in [4.78, 5) is 15.7. The highest BCUT2D eigenvalue weighted by molar-refractivity contribution is 7.98. The van der Waals surface area contributed by atoms with Crippen LogP contribution < -0.4 is 5.32 Å². The molecule has 2 N–H and O–H groups in total. The molecule has 5 nitrogen and oxygen atoms in total. The molecule has 2 rings (SSSR count). The van der Waals surface area contributed by atoms with E-state index in [1.165, 1.54) is 31.1 Å². The van der Waals surface area contributed by atoms with E-state index in [1.54, 1.807) is 16.7 Å². The van der Waals surface area contributed by atoms with E-state index >= 15 is 0 Å². The van der Waals surface area contributed by atoms with Crippen molar-refractivity contribution in [3.8, 4) is 0 Å². The Morgan fingerprint density at radius 1 is 1.55 bits per heavy atom. The fourth-order valence-corrected chi connectivity index (χ4v) is 3.17. The van der Waals surface area contributed by atoms with Crippen LogP contribution in [0.3, 0.4) is 0 Å². The molecule has 8 heteroatoms. The van der Waals surface area contributed by atoms with Crippen molar-refractivity contribution in [2.75, 3.05) is 7.05 Å². The van der Waals surface area contributed by atoms with E-state index in [9.17, 15) is 14.3 Å². The zero-order valence-corrected chi connectivity index (χ0v) is 13.4. The number of nitrogens with zero attached hydrogens (tertiary/aromatic N) is 2. The monoisotopic (exact) mass is 343 g/mol. The normalized spacial score (nSPS) is 10.7. The summed E-state index contributed by atoms with van der Waals surface area (Å²) >= 11 is 7.24. The van der Waals surface area contributed by atoms with Crippen molar-refractivity contribution >= 4 is 29.3 Å². The lowest BCUT2D eigenvalue weighted by Crippen LogP contribution is -2.24. The molecule has 0 aliphatic heterocycles. The standard InChI is InChI=1S/C14H15ClFN3O2S/c1-17-13(21)6-19-9(7-20)5-18-14(19)22-8-10-11(15)3-2-4-12(10)16/h2-5,20H,6-8H2,1H3,(H,17,21). The van der Waals surface area contributed by atoms with Gasteiger partial charge in [-0.3, -0.25) is 4.79 Å². The van der Waals surface area contributed by atoms with Gasteiger partial charge in [-0.2, -0.15) is 0 Å². The first kappa shape index (κ1) is 16.8. The number of halogens is 2.